The molecule has 0 spiro atoms. The lowest BCUT2D eigenvalue weighted by atomic mass is 10.1. The van der Waals surface area contributed by atoms with E-state index in [-0.39, 0.29) is 5.92 Å². The summed E-state index contributed by atoms with van der Waals surface area (Å²) in [5, 5.41) is 8.68. The van der Waals surface area contributed by atoms with Crippen LogP contribution in [-0.2, 0) is 4.74 Å². The molecule has 3 unspecified atom stereocenters. The van der Waals surface area contributed by atoms with Gasteiger partial charge in [0.25, 0.3) is 0 Å². The van der Waals surface area contributed by atoms with Crippen LogP contribution in [0.3, 0.4) is 0 Å². The highest BCUT2D eigenvalue weighted by molar-refractivity contribution is 4.82. The Morgan fingerprint density at radius 1 is 1.57 bits per heavy atom. The van der Waals surface area contributed by atoms with Crippen LogP contribution in [0.25, 0.3) is 0 Å². The van der Waals surface area contributed by atoms with Crippen molar-refractivity contribution in [3.05, 3.63) is 0 Å². The van der Waals surface area contributed by atoms with Gasteiger partial charge in [-0.25, -0.2) is 0 Å². The van der Waals surface area contributed by atoms with Crippen molar-refractivity contribution in [3.63, 3.8) is 0 Å². The van der Waals surface area contributed by atoms with E-state index in [4.69, 9.17) is 10.00 Å². The molecule has 3 atom stereocenters. The van der Waals surface area contributed by atoms with E-state index in [1.165, 1.54) is 6.42 Å². The fraction of sp³-hybridized carbons (Fsp3) is 0.909. The van der Waals surface area contributed by atoms with Gasteiger partial charge in [0, 0.05) is 13.1 Å². The zero-order valence-electron chi connectivity index (χ0n) is 9.36. The minimum absolute atomic E-state index is 0.110. The molecule has 80 valence electrons. The van der Waals surface area contributed by atoms with Crippen LogP contribution < -0.4 is 0 Å². The second kappa shape index (κ2) is 5.33. The number of nitriles is 1. The number of nitrogens with zero attached hydrogens (tertiary/aromatic N) is 2. The molecule has 0 aromatic rings. The molecule has 0 radical (unpaired) electrons. The number of hydrogen-bond acceptors (Lipinski definition) is 3. The van der Waals surface area contributed by atoms with E-state index in [0.717, 1.165) is 19.5 Å². The Morgan fingerprint density at radius 3 is 2.79 bits per heavy atom. The molecule has 0 bridgehead atoms. The van der Waals surface area contributed by atoms with E-state index in [2.05, 4.69) is 24.9 Å². The molecule has 1 heterocycles. The van der Waals surface area contributed by atoms with Crippen LogP contribution in [-0.4, -0.2) is 37.2 Å². The van der Waals surface area contributed by atoms with E-state index in [9.17, 15) is 0 Å². The fourth-order valence-electron chi connectivity index (χ4n) is 1.95. The average Bonchev–Trinajstić information content (AvgIpc) is 2.50. The number of likely N-dealkylation sites (N-methyl/N-ethyl adjacent to an activating group) is 1. The quantitative estimate of drug-likeness (QED) is 0.686. The lowest BCUT2D eigenvalue weighted by Gasteiger charge is -2.21. The first-order chi connectivity index (χ1) is 6.61. The van der Waals surface area contributed by atoms with Crippen LogP contribution >= 0.6 is 0 Å². The predicted octanol–water partition coefficient (Wildman–Crippen LogP) is 1.65. The van der Waals surface area contributed by atoms with Gasteiger partial charge in [0.05, 0.1) is 24.2 Å². The van der Waals surface area contributed by atoms with Gasteiger partial charge in [-0.1, -0.05) is 0 Å². The molecular weight excluding hydrogens is 176 g/mol. The zero-order valence-corrected chi connectivity index (χ0v) is 9.36. The van der Waals surface area contributed by atoms with Crippen LogP contribution in [0.15, 0.2) is 0 Å². The number of rotatable bonds is 4. The Kier molecular flexibility index (Phi) is 4.37. The Hall–Kier alpha value is -0.590. The van der Waals surface area contributed by atoms with Crippen LogP contribution in [0.2, 0.25) is 0 Å². The van der Waals surface area contributed by atoms with Gasteiger partial charge in [-0.2, -0.15) is 5.26 Å². The molecular formula is C11H20N2O. The molecule has 0 aromatic heterocycles. The highest BCUT2D eigenvalue weighted by atomic mass is 16.5. The molecule has 1 saturated heterocycles. The summed E-state index contributed by atoms with van der Waals surface area (Å²) >= 11 is 0. The third-order valence-corrected chi connectivity index (χ3v) is 2.64. The Labute approximate surface area is 86.6 Å². The minimum Gasteiger partial charge on any atom is -0.374 e. The van der Waals surface area contributed by atoms with Gasteiger partial charge in [-0.05, 0) is 33.7 Å². The molecule has 3 nitrogen and oxygen atoms in total. The van der Waals surface area contributed by atoms with E-state index in [1.807, 2.05) is 6.92 Å². The molecule has 1 fully saturated rings. The zero-order chi connectivity index (χ0) is 10.6. The van der Waals surface area contributed by atoms with Crippen molar-refractivity contribution >= 4 is 0 Å². The Bertz CT molecular complexity index is 212. The summed E-state index contributed by atoms with van der Waals surface area (Å²) in [5.74, 6) is 0.110. The third kappa shape index (κ3) is 3.65. The molecule has 0 aliphatic carbocycles. The van der Waals surface area contributed by atoms with Crippen molar-refractivity contribution in [2.75, 3.05) is 20.1 Å². The maximum absolute atomic E-state index is 8.68. The molecule has 1 aliphatic rings. The molecule has 0 amide bonds. The topological polar surface area (TPSA) is 36.3 Å². The largest absolute Gasteiger partial charge is 0.374 e. The molecule has 1 rings (SSSR count). The van der Waals surface area contributed by atoms with Gasteiger partial charge >= 0.3 is 0 Å². The normalized spacial score (nSPS) is 29.1. The number of ether oxygens (including phenoxy) is 1. The Morgan fingerprint density at radius 2 is 2.29 bits per heavy atom. The van der Waals surface area contributed by atoms with E-state index in [0.29, 0.717) is 12.2 Å². The van der Waals surface area contributed by atoms with Gasteiger partial charge in [0.15, 0.2) is 0 Å². The Balaban J connectivity index is 2.21. The highest BCUT2D eigenvalue weighted by Gasteiger charge is 2.23. The smallest absolute Gasteiger partial charge is 0.0706 e. The van der Waals surface area contributed by atoms with Crippen molar-refractivity contribution in [1.82, 2.24) is 4.90 Å². The summed E-state index contributed by atoms with van der Waals surface area (Å²) in [6.45, 7) is 5.87. The van der Waals surface area contributed by atoms with Gasteiger partial charge in [-0.3, -0.25) is 0 Å². The maximum atomic E-state index is 8.68. The summed E-state index contributed by atoms with van der Waals surface area (Å²) in [5.41, 5.74) is 0. The van der Waals surface area contributed by atoms with Crippen molar-refractivity contribution in [3.8, 4) is 6.07 Å². The van der Waals surface area contributed by atoms with Crippen LogP contribution in [0.5, 0.6) is 0 Å². The molecule has 3 heteroatoms. The first-order valence-corrected chi connectivity index (χ1v) is 5.35. The fourth-order valence-corrected chi connectivity index (χ4v) is 1.95. The summed E-state index contributed by atoms with van der Waals surface area (Å²) < 4.78 is 5.72. The van der Waals surface area contributed by atoms with Crippen molar-refractivity contribution in [1.29, 1.82) is 5.26 Å². The van der Waals surface area contributed by atoms with Crippen LogP contribution in [0, 0.1) is 17.2 Å². The van der Waals surface area contributed by atoms with E-state index < -0.39 is 0 Å². The van der Waals surface area contributed by atoms with E-state index >= 15 is 0 Å². The molecule has 0 saturated carbocycles. The lowest BCUT2D eigenvalue weighted by Crippen LogP contribution is -2.32. The van der Waals surface area contributed by atoms with Crippen LogP contribution in [0.4, 0.5) is 0 Å². The summed E-state index contributed by atoms with van der Waals surface area (Å²) in [6.07, 6.45) is 3.13. The first-order valence-electron chi connectivity index (χ1n) is 5.35. The maximum Gasteiger partial charge on any atom is 0.0706 e. The molecule has 0 N–H and O–H groups in total. The third-order valence-electron chi connectivity index (χ3n) is 2.64. The molecule has 14 heavy (non-hydrogen) atoms. The second-order valence-corrected chi connectivity index (χ2v) is 4.40. The minimum atomic E-state index is 0.110. The second-order valence-electron chi connectivity index (χ2n) is 4.40. The highest BCUT2D eigenvalue weighted by Crippen LogP contribution is 2.19. The van der Waals surface area contributed by atoms with Crippen molar-refractivity contribution < 1.29 is 4.74 Å². The van der Waals surface area contributed by atoms with Crippen LogP contribution in [0.1, 0.15) is 26.7 Å². The first kappa shape index (κ1) is 11.5. The molecule has 0 aromatic carbocycles. The molecule has 1 aliphatic heterocycles. The SMILES string of the molecule is CC(C#N)CN(C)CC1CCC(C)O1. The van der Waals surface area contributed by atoms with E-state index in [1.54, 1.807) is 0 Å². The van der Waals surface area contributed by atoms with Gasteiger partial charge in [0.1, 0.15) is 0 Å². The van der Waals surface area contributed by atoms with Crippen molar-refractivity contribution in [2.24, 2.45) is 5.92 Å². The predicted molar refractivity (Wildman–Crippen MR) is 55.8 cm³/mol. The van der Waals surface area contributed by atoms with Gasteiger partial charge < -0.3 is 9.64 Å². The average molecular weight is 196 g/mol. The summed E-state index contributed by atoms with van der Waals surface area (Å²) in [7, 11) is 2.06. The summed E-state index contributed by atoms with van der Waals surface area (Å²) in [6, 6.07) is 2.25. The van der Waals surface area contributed by atoms with Crippen molar-refractivity contribution in [2.45, 2.75) is 38.9 Å². The lowest BCUT2D eigenvalue weighted by molar-refractivity contribution is 0.0354. The monoisotopic (exact) mass is 196 g/mol. The van der Waals surface area contributed by atoms with Gasteiger partial charge in [0.2, 0.25) is 0 Å². The van der Waals surface area contributed by atoms with Gasteiger partial charge in [-0.15, -0.1) is 0 Å². The summed E-state index contributed by atoms with van der Waals surface area (Å²) in [4.78, 5) is 2.19. The standard InChI is InChI=1S/C11H20N2O/c1-9(6-12)7-13(3)8-11-5-4-10(2)14-11/h9-11H,4-5,7-8H2,1-3H3. The number of hydrogen-bond donors (Lipinski definition) is 0.